The van der Waals surface area contributed by atoms with E-state index in [1.807, 2.05) is 24.3 Å². The Labute approximate surface area is 101 Å². The summed E-state index contributed by atoms with van der Waals surface area (Å²) in [5.74, 6) is 2.32. The number of hydrogen-bond donors (Lipinski definition) is 2. The second-order valence-electron chi connectivity index (χ2n) is 4.22. The number of carbonyl (C=O) groups is 1. The molecule has 0 saturated carbocycles. The van der Waals surface area contributed by atoms with E-state index in [1.165, 1.54) is 0 Å². The first-order valence-electron chi connectivity index (χ1n) is 5.71. The summed E-state index contributed by atoms with van der Waals surface area (Å²) < 4.78 is 0. The summed E-state index contributed by atoms with van der Waals surface area (Å²) >= 11 is 0. The van der Waals surface area contributed by atoms with Gasteiger partial charge < -0.3 is 10.4 Å². The van der Waals surface area contributed by atoms with Crippen molar-refractivity contribution in [3.63, 3.8) is 0 Å². The summed E-state index contributed by atoms with van der Waals surface area (Å²) in [6.07, 6.45) is 5.90. The van der Waals surface area contributed by atoms with E-state index in [4.69, 9.17) is 6.42 Å². The molecule has 2 atom stereocenters. The Morgan fingerprint density at radius 2 is 2.29 bits per heavy atom. The van der Waals surface area contributed by atoms with Gasteiger partial charge in [-0.15, -0.1) is 12.3 Å². The van der Waals surface area contributed by atoms with E-state index in [0.717, 1.165) is 11.1 Å². The van der Waals surface area contributed by atoms with E-state index >= 15 is 0 Å². The normalized spacial score (nSPS) is 21.6. The SMILES string of the molecule is C#CCCC(=O)N[C@@H]1c2ccccc2C[C@@H]1O. The Balaban J connectivity index is 2.07. The molecule has 1 aliphatic rings. The molecule has 2 rings (SSSR count). The zero-order chi connectivity index (χ0) is 12.3. The van der Waals surface area contributed by atoms with Gasteiger partial charge in [-0.1, -0.05) is 24.3 Å². The molecule has 0 aliphatic heterocycles. The van der Waals surface area contributed by atoms with Crippen LogP contribution in [0.1, 0.15) is 30.0 Å². The fourth-order valence-electron chi connectivity index (χ4n) is 2.18. The Morgan fingerprint density at radius 1 is 1.53 bits per heavy atom. The number of benzene rings is 1. The van der Waals surface area contributed by atoms with E-state index in [1.54, 1.807) is 0 Å². The topological polar surface area (TPSA) is 49.3 Å². The average molecular weight is 229 g/mol. The molecule has 0 radical (unpaired) electrons. The van der Waals surface area contributed by atoms with E-state index in [-0.39, 0.29) is 11.9 Å². The van der Waals surface area contributed by atoms with Gasteiger partial charge in [-0.05, 0) is 11.1 Å². The molecule has 2 N–H and O–H groups in total. The van der Waals surface area contributed by atoms with Crippen molar-refractivity contribution in [3.05, 3.63) is 35.4 Å². The van der Waals surface area contributed by atoms with Crippen molar-refractivity contribution in [2.24, 2.45) is 0 Å². The fourth-order valence-corrected chi connectivity index (χ4v) is 2.18. The Morgan fingerprint density at radius 3 is 3.06 bits per heavy atom. The molecular weight excluding hydrogens is 214 g/mol. The van der Waals surface area contributed by atoms with Crippen molar-refractivity contribution in [2.45, 2.75) is 31.4 Å². The number of hydrogen-bond acceptors (Lipinski definition) is 2. The molecule has 0 bridgehead atoms. The summed E-state index contributed by atoms with van der Waals surface area (Å²) in [5.41, 5.74) is 2.11. The average Bonchev–Trinajstić information content (AvgIpc) is 2.64. The van der Waals surface area contributed by atoms with Crippen LogP contribution in [0.4, 0.5) is 0 Å². The maximum atomic E-state index is 11.6. The number of fused-ring (bicyclic) bond motifs is 1. The molecule has 0 unspecified atom stereocenters. The quantitative estimate of drug-likeness (QED) is 0.764. The van der Waals surface area contributed by atoms with Gasteiger partial charge >= 0.3 is 0 Å². The largest absolute Gasteiger partial charge is 0.390 e. The van der Waals surface area contributed by atoms with Crippen LogP contribution in [0.25, 0.3) is 0 Å². The van der Waals surface area contributed by atoms with Crippen LogP contribution in [0.2, 0.25) is 0 Å². The van der Waals surface area contributed by atoms with Crippen LogP contribution in [-0.2, 0) is 11.2 Å². The molecule has 1 aromatic carbocycles. The van der Waals surface area contributed by atoms with Crippen LogP contribution in [0, 0.1) is 12.3 Å². The second kappa shape index (κ2) is 5.03. The molecule has 88 valence electrons. The van der Waals surface area contributed by atoms with Gasteiger partial charge in [-0.25, -0.2) is 0 Å². The molecule has 0 spiro atoms. The predicted octanol–water partition coefficient (Wildman–Crippen LogP) is 1.17. The minimum Gasteiger partial charge on any atom is -0.390 e. The van der Waals surface area contributed by atoms with Crippen molar-refractivity contribution in [1.29, 1.82) is 0 Å². The van der Waals surface area contributed by atoms with Crippen LogP contribution in [0.3, 0.4) is 0 Å². The zero-order valence-electron chi connectivity index (χ0n) is 9.52. The molecule has 3 nitrogen and oxygen atoms in total. The lowest BCUT2D eigenvalue weighted by atomic mass is 10.1. The molecule has 1 aliphatic carbocycles. The van der Waals surface area contributed by atoms with Crippen molar-refractivity contribution >= 4 is 5.91 Å². The van der Waals surface area contributed by atoms with Gasteiger partial charge in [0.1, 0.15) is 0 Å². The molecule has 0 aromatic heterocycles. The zero-order valence-corrected chi connectivity index (χ0v) is 9.52. The van der Waals surface area contributed by atoms with Crippen LogP contribution in [0.5, 0.6) is 0 Å². The monoisotopic (exact) mass is 229 g/mol. The first kappa shape index (κ1) is 11.7. The van der Waals surface area contributed by atoms with Gasteiger partial charge in [0.15, 0.2) is 0 Å². The summed E-state index contributed by atoms with van der Waals surface area (Å²) in [4.78, 5) is 11.6. The van der Waals surface area contributed by atoms with Gasteiger partial charge in [0, 0.05) is 19.3 Å². The lowest BCUT2D eigenvalue weighted by Crippen LogP contribution is -2.33. The van der Waals surface area contributed by atoms with Gasteiger partial charge in [0.2, 0.25) is 5.91 Å². The highest BCUT2D eigenvalue weighted by atomic mass is 16.3. The van der Waals surface area contributed by atoms with Gasteiger partial charge in [-0.3, -0.25) is 4.79 Å². The predicted molar refractivity (Wildman–Crippen MR) is 65.1 cm³/mol. The molecule has 0 fully saturated rings. The Bertz CT molecular complexity index is 462. The second-order valence-corrected chi connectivity index (χ2v) is 4.22. The summed E-state index contributed by atoms with van der Waals surface area (Å²) in [7, 11) is 0. The minimum absolute atomic E-state index is 0.108. The van der Waals surface area contributed by atoms with Gasteiger partial charge in [-0.2, -0.15) is 0 Å². The molecular formula is C14H15NO2. The van der Waals surface area contributed by atoms with Gasteiger partial charge in [0.05, 0.1) is 12.1 Å². The smallest absolute Gasteiger partial charge is 0.221 e. The van der Waals surface area contributed by atoms with Gasteiger partial charge in [0.25, 0.3) is 0 Å². The van der Waals surface area contributed by atoms with E-state index in [2.05, 4.69) is 11.2 Å². The molecule has 1 amide bonds. The highest BCUT2D eigenvalue weighted by Crippen LogP contribution is 2.31. The van der Waals surface area contributed by atoms with Crippen molar-refractivity contribution < 1.29 is 9.90 Å². The maximum Gasteiger partial charge on any atom is 0.221 e. The van der Waals surface area contributed by atoms with Crippen LogP contribution in [0.15, 0.2) is 24.3 Å². The first-order chi connectivity index (χ1) is 8.22. The van der Waals surface area contributed by atoms with E-state index < -0.39 is 6.10 Å². The lowest BCUT2D eigenvalue weighted by molar-refractivity contribution is -0.122. The highest BCUT2D eigenvalue weighted by Gasteiger charge is 2.31. The van der Waals surface area contributed by atoms with E-state index in [0.29, 0.717) is 19.3 Å². The Kier molecular flexibility index (Phi) is 3.46. The molecule has 17 heavy (non-hydrogen) atoms. The third-order valence-electron chi connectivity index (χ3n) is 3.02. The maximum absolute atomic E-state index is 11.6. The van der Waals surface area contributed by atoms with Crippen LogP contribution in [-0.4, -0.2) is 17.1 Å². The fraction of sp³-hybridized carbons (Fsp3) is 0.357. The van der Waals surface area contributed by atoms with Crippen LogP contribution < -0.4 is 5.32 Å². The minimum atomic E-state index is -0.540. The number of aliphatic hydroxyl groups is 1. The highest BCUT2D eigenvalue weighted by molar-refractivity contribution is 5.77. The number of carbonyl (C=O) groups excluding carboxylic acids is 1. The molecule has 3 heteroatoms. The first-order valence-corrected chi connectivity index (χ1v) is 5.71. The number of amides is 1. The summed E-state index contributed by atoms with van der Waals surface area (Å²) in [5, 5.41) is 12.8. The van der Waals surface area contributed by atoms with E-state index in [9.17, 15) is 9.90 Å². The Hall–Kier alpha value is -1.79. The van der Waals surface area contributed by atoms with Crippen LogP contribution >= 0.6 is 0 Å². The number of nitrogens with one attached hydrogen (secondary N) is 1. The summed E-state index contributed by atoms with van der Waals surface area (Å²) in [6, 6.07) is 7.48. The van der Waals surface area contributed by atoms with Crippen molar-refractivity contribution in [3.8, 4) is 12.3 Å². The molecule has 1 aromatic rings. The van der Waals surface area contributed by atoms with Crippen molar-refractivity contribution in [1.82, 2.24) is 5.32 Å². The summed E-state index contributed by atoms with van der Waals surface area (Å²) in [6.45, 7) is 0. The standard InChI is InChI=1S/C14H15NO2/c1-2-3-8-13(17)15-14-11-7-5-4-6-10(11)9-12(14)16/h1,4-7,12,14,16H,3,8-9H2,(H,15,17)/t12-,14+/m0/s1. The van der Waals surface area contributed by atoms with Crippen molar-refractivity contribution in [2.75, 3.05) is 0 Å². The number of terminal acetylenes is 1. The number of aliphatic hydroxyl groups excluding tert-OH is 1. The third-order valence-corrected chi connectivity index (χ3v) is 3.02. The number of rotatable bonds is 3. The molecule has 0 heterocycles. The molecule has 0 saturated heterocycles. The third kappa shape index (κ3) is 2.48. The lowest BCUT2D eigenvalue weighted by Gasteiger charge is -2.17.